The van der Waals surface area contributed by atoms with Crippen molar-refractivity contribution in [2.75, 3.05) is 31.1 Å². The second kappa shape index (κ2) is 6.66. The lowest BCUT2D eigenvalue weighted by Crippen LogP contribution is -2.49. The maximum Gasteiger partial charge on any atom is 0.217 e. The smallest absolute Gasteiger partial charge is 0.217 e. The van der Waals surface area contributed by atoms with Crippen LogP contribution in [0.5, 0.6) is 0 Å². The lowest BCUT2D eigenvalue weighted by atomic mass is 10.1. The monoisotopic (exact) mass is 378 g/mol. The summed E-state index contributed by atoms with van der Waals surface area (Å²) in [6, 6.07) is 8.42. The summed E-state index contributed by atoms with van der Waals surface area (Å²) >= 11 is 1.40. The normalized spacial score (nSPS) is 19.3. The molecule has 1 aromatic heterocycles. The number of sulfonamides is 1. The maximum atomic E-state index is 12.3. The van der Waals surface area contributed by atoms with Crippen LogP contribution in [0, 0.1) is 6.92 Å². The fraction of sp³-hybridized carbons (Fsp3) is 0.529. The van der Waals surface area contributed by atoms with Gasteiger partial charge in [0.2, 0.25) is 15.2 Å². The fourth-order valence-electron chi connectivity index (χ4n) is 3.04. The van der Waals surface area contributed by atoms with E-state index >= 15 is 0 Å². The largest absolute Gasteiger partial charge is 0.344 e. The standard InChI is InChI=1S/C17H22N4O2S2/c1-13-2-4-14(5-3-13)12-16-18-17(24-19-16)20-8-10-21(11-9-20)25(22,23)15-6-7-15/h2-5,15H,6-12H2,1H3. The Morgan fingerprint density at radius 3 is 2.44 bits per heavy atom. The molecule has 1 saturated carbocycles. The van der Waals surface area contributed by atoms with Gasteiger partial charge in [0.25, 0.3) is 0 Å². The molecule has 1 aromatic carbocycles. The fourth-order valence-corrected chi connectivity index (χ4v) is 5.61. The van der Waals surface area contributed by atoms with Crippen molar-refractivity contribution in [3.63, 3.8) is 0 Å². The van der Waals surface area contributed by atoms with E-state index in [9.17, 15) is 8.42 Å². The molecule has 134 valence electrons. The summed E-state index contributed by atoms with van der Waals surface area (Å²) < 4.78 is 30.7. The average Bonchev–Trinajstić information content (AvgIpc) is 3.38. The predicted octanol–water partition coefficient (Wildman–Crippen LogP) is 2.05. The summed E-state index contributed by atoms with van der Waals surface area (Å²) in [4.78, 5) is 6.80. The summed E-state index contributed by atoms with van der Waals surface area (Å²) in [6.45, 7) is 4.54. The molecular weight excluding hydrogens is 356 g/mol. The third kappa shape index (κ3) is 3.70. The molecule has 25 heavy (non-hydrogen) atoms. The van der Waals surface area contributed by atoms with Gasteiger partial charge in [0, 0.05) is 44.1 Å². The Morgan fingerprint density at radius 2 is 1.80 bits per heavy atom. The van der Waals surface area contributed by atoms with Crippen LogP contribution in [0.25, 0.3) is 0 Å². The Bertz CT molecular complexity index is 836. The van der Waals surface area contributed by atoms with E-state index in [1.807, 2.05) is 0 Å². The van der Waals surface area contributed by atoms with E-state index in [0.717, 1.165) is 30.2 Å². The minimum Gasteiger partial charge on any atom is -0.344 e. The van der Waals surface area contributed by atoms with Crippen LogP contribution in [0.3, 0.4) is 0 Å². The number of aromatic nitrogens is 2. The van der Waals surface area contributed by atoms with Crippen LogP contribution < -0.4 is 4.90 Å². The summed E-state index contributed by atoms with van der Waals surface area (Å²) in [6.07, 6.45) is 2.37. The number of hydrogen-bond acceptors (Lipinski definition) is 6. The van der Waals surface area contributed by atoms with E-state index in [1.165, 1.54) is 22.7 Å². The summed E-state index contributed by atoms with van der Waals surface area (Å²) in [5.74, 6) is 0.830. The molecule has 8 heteroatoms. The zero-order chi connectivity index (χ0) is 17.4. The van der Waals surface area contributed by atoms with Crippen LogP contribution in [0.2, 0.25) is 0 Å². The molecule has 0 spiro atoms. The summed E-state index contributed by atoms with van der Waals surface area (Å²) in [7, 11) is -3.06. The van der Waals surface area contributed by atoms with Crippen LogP contribution in [0.4, 0.5) is 5.13 Å². The number of aryl methyl sites for hydroxylation is 1. The highest BCUT2D eigenvalue weighted by Crippen LogP contribution is 2.32. The highest BCUT2D eigenvalue weighted by molar-refractivity contribution is 7.90. The van der Waals surface area contributed by atoms with E-state index in [0.29, 0.717) is 26.2 Å². The van der Waals surface area contributed by atoms with Crippen LogP contribution in [-0.4, -0.2) is 53.5 Å². The molecule has 2 aliphatic rings. The van der Waals surface area contributed by atoms with Gasteiger partial charge in [0.15, 0.2) is 0 Å². The van der Waals surface area contributed by atoms with Crippen LogP contribution in [-0.2, 0) is 16.4 Å². The minimum atomic E-state index is -3.06. The molecule has 0 atom stereocenters. The maximum absolute atomic E-state index is 12.3. The van der Waals surface area contributed by atoms with Crippen molar-refractivity contribution < 1.29 is 8.42 Å². The zero-order valence-electron chi connectivity index (χ0n) is 14.3. The first-order valence-electron chi connectivity index (χ1n) is 8.64. The number of benzene rings is 1. The molecule has 0 unspecified atom stereocenters. The van der Waals surface area contributed by atoms with Gasteiger partial charge in [-0.15, -0.1) is 0 Å². The van der Waals surface area contributed by atoms with Gasteiger partial charge < -0.3 is 4.90 Å². The number of piperazine rings is 1. The summed E-state index contributed by atoms with van der Waals surface area (Å²) in [5, 5.41) is 0.771. The molecule has 0 radical (unpaired) electrons. The van der Waals surface area contributed by atoms with Gasteiger partial charge in [0.05, 0.1) is 5.25 Å². The molecule has 0 amide bonds. The molecule has 2 fully saturated rings. The minimum absolute atomic E-state index is 0.123. The number of anilines is 1. The SMILES string of the molecule is Cc1ccc(Cc2nsc(N3CCN(S(=O)(=O)C4CC4)CC3)n2)cc1. The molecule has 0 N–H and O–H groups in total. The molecule has 6 nitrogen and oxygen atoms in total. The van der Waals surface area contributed by atoms with Gasteiger partial charge in [-0.3, -0.25) is 0 Å². The topological polar surface area (TPSA) is 66.4 Å². The lowest BCUT2D eigenvalue weighted by molar-refractivity contribution is 0.384. The van der Waals surface area contributed by atoms with Crippen molar-refractivity contribution in [3.05, 3.63) is 41.2 Å². The van der Waals surface area contributed by atoms with Crippen LogP contribution in [0.15, 0.2) is 24.3 Å². The van der Waals surface area contributed by atoms with E-state index < -0.39 is 10.0 Å². The van der Waals surface area contributed by atoms with Crippen LogP contribution >= 0.6 is 11.5 Å². The van der Waals surface area contributed by atoms with E-state index in [2.05, 4.69) is 45.4 Å². The quantitative estimate of drug-likeness (QED) is 0.797. The first-order chi connectivity index (χ1) is 12.0. The highest BCUT2D eigenvalue weighted by atomic mass is 32.2. The van der Waals surface area contributed by atoms with Crippen molar-refractivity contribution in [1.29, 1.82) is 0 Å². The Kier molecular flexibility index (Phi) is 4.51. The van der Waals surface area contributed by atoms with E-state index in [4.69, 9.17) is 0 Å². The molecule has 4 rings (SSSR count). The summed E-state index contributed by atoms with van der Waals surface area (Å²) in [5.41, 5.74) is 2.45. The van der Waals surface area contributed by atoms with Crippen molar-refractivity contribution in [1.82, 2.24) is 13.7 Å². The Morgan fingerprint density at radius 1 is 1.12 bits per heavy atom. The molecule has 0 bridgehead atoms. The van der Waals surface area contributed by atoms with Gasteiger partial charge in [-0.1, -0.05) is 29.8 Å². The number of rotatable bonds is 5. The third-order valence-corrected chi connectivity index (χ3v) is 7.97. The molecule has 1 saturated heterocycles. The Hall–Kier alpha value is -1.51. The third-order valence-electron chi connectivity index (χ3n) is 4.75. The van der Waals surface area contributed by atoms with Crippen molar-refractivity contribution in [2.45, 2.75) is 31.4 Å². The number of nitrogens with zero attached hydrogens (tertiary/aromatic N) is 4. The van der Waals surface area contributed by atoms with Gasteiger partial charge >= 0.3 is 0 Å². The Labute approximate surface area is 152 Å². The van der Waals surface area contributed by atoms with Crippen LogP contribution in [0.1, 0.15) is 29.8 Å². The van der Waals surface area contributed by atoms with Gasteiger partial charge in [-0.25, -0.2) is 13.4 Å². The molecule has 2 aromatic rings. The molecule has 1 aliphatic carbocycles. The van der Waals surface area contributed by atoms with Crippen molar-refractivity contribution in [3.8, 4) is 0 Å². The molecule has 2 heterocycles. The predicted molar refractivity (Wildman–Crippen MR) is 99.6 cm³/mol. The van der Waals surface area contributed by atoms with E-state index in [-0.39, 0.29) is 5.25 Å². The molecular formula is C17H22N4O2S2. The second-order valence-electron chi connectivity index (χ2n) is 6.79. The van der Waals surface area contributed by atoms with Gasteiger partial charge in [-0.05, 0) is 25.3 Å². The first kappa shape index (κ1) is 16.9. The second-order valence-corrected chi connectivity index (χ2v) is 9.73. The highest BCUT2D eigenvalue weighted by Gasteiger charge is 2.41. The average molecular weight is 379 g/mol. The zero-order valence-corrected chi connectivity index (χ0v) is 15.9. The molecule has 1 aliphatic heterocycles. The van der Waals surface area contributed by atoms with Crippen molar-refractivity contribution >= 4 is 26.7 Å². The van der Waals surface area contributed by atoms with Gasteiger partial charge in [-0.2, -0.15) is 8.68 Å². The Balaban J connectivity index is 1.37. The first-order valence-corrected chi connectivity index (χ1v) is 10.9. The lowest BCUT2D eigenvalue weighted by Gasteiger charge is -2.33. The van der Waals surface area contributed by atoms with Crippen molar-refractivity contribution in [2.24, 2.45) is 0 Å². The van der Waals surface area contributed by atoms with Gasteiger partial charge in [0.1, 0.15) is 5.82 Å². The number of hydrogen-bond donors (Lipinski definition) is 0. The van der Waals surface area contributed by atoms with E-state index in [1.54, 1.807) is 4.31 Å².